The molecule has 0 saturated carbocycles. The molecule has 0 radical (unpaired) electrons. The van der Waals surface area contributed by atoms with Crippen molar-refractivity contribution in [3.8, 4) is 0 Å². The van der Waals surface area contributed by atoms with Crippen LogP contribution in [0.25, 0.3) is 0 Å². The van der Waals surface area contributed by atoms with Crippen LogP contribution < -0.4 is 10.6 Å². The van der Waals surface area contributed by atoms with Crippen molar-refractivity contribution in [2.24, 2.45) is 0 Å². The van der Waals surface area contributed by atoms with E-state index < -0.39 is 0 Å². The van der Waals surface area contributed by atoms with Gasteiger partial charge in [-0.3, -0.25) is 9.78 Å². The fraction of sp³-hybridized carbons (Fsp3) is 0.538. The summed E-state index contributed by atoms with van der Waals surface area (Å²) in [5, 5.41) is 6.02. The lowest BCUT2D eigenvalue weighted by molar-refractivity contribution is -0.120. The maximum Gasteiger partial charge on any atom is 0.234 e. The summed E-state index contributed by atoms with van der Waals surface area (Å²) < 4.78 is 0. The van der Waals surface area contributed by atoms with E-state index in [0.717, 1.165) is 25.1 Å². The molecule has 2 N–H and O–H groups in total. The third-order valence-electron chi connectivity index (χ3n) is 2.59. The van der Waals surface area contributed by atoms with E-state index in [4.69, 9.17) is 0 Å². The Labute approximate surface area is 103 Å². The van der Waals surface area contributed by atoms with Crippen molar-refractivity contribution >= 4 is 5.91 Å². The van der Waals surface area contributed by atoms with E-state index in [1.165, 1.54) is 0 Å². The number of nitrogens with zero attached hydrogens (tertiary/aromatic N) is 1. The van der Waals surface area contributed by atoms with Crippen molar-refractivity contribution < 1.29 is 4.79 Å². The lowest BCUT2D eigenvalue weighted by Gasteiger charge is -2.11. The highest BCUT2D eigenvalue weighted by Gasteiger charge is 2.04. The van der Waals surface area contributed by atoms with E-state index in [-0.39, 0.29) is 11.9 Å². The first-order chi connectivity index (χ1) is 8.22. The zero-order valence-electron chi connectivity index (χ0n) is 10.6. The standard InChI is InChI=1S/C13H21N3O/c1-3-11(2)16-13(17)10-14-9-7-12-6-4-5-8-15-12/h4-6,8,11,14H,3,7,9-10H2,1-2H3,(H,16,17). The predicted molar refractivity (Wildman–Crippen MR) is 68.7 cm³/mol. The zero-order chi connectivity index (χ0) is 12.5. The summed E-state index contributed by atoms with van der Waals surface area (Å²) in [5.41, 5.74) is 1.04. The number of pyridine rings is 1. The van der Waals surface area contributed by atoms with Crippen molar-refractivity contribution in [2.75, 3.05) is 13.1 Å². The smallest absolute Gasteiger partial charge is 0.234 e. The number of hydrogen-bond donors (Lipinski definition) is 2. The maximum atomic E-state index is 11.4. The predicted octanol–water partition coefficient (Wildman–Crippen LogP) is 1.13. The first kappa shape index (κ1) is 13.6. The van der Waals surface area contributed by atoms with Crippen molar-refractivity contribution in [2.45, 2.75) is 32.7 Å². The highest BCUT2D eigenvalue weighted by molar-refractivity contribution is 5.78. The van der Waals surface area contributed by atoms with E-state index >= 15 is 0 Å². The van der Waals surface area contributed by atoms with E-state index in [9.17, 15) is 4.79 Å². The molecule has 1 rings (SSSR count). The average Bonchev–Trinajstić information content (AvgIpc) is 2.36. The van der Waals surface area contributed by atoms with Crippen LogP contribution in [-0.4, -0.2) is 30.0 Å². The second-order valence-electron chi connectivity index (χ2n) is 4.12. The molecular weight excluding hydrogens is 214 g/mol. The number of nitrogens with one attached hydrogen (secondary N) is 2. The highest BCUT2D eigenvalue weighted by Crippen LogP contribution is 1.92. The van der Waals surface area contributed by atoms with Crippen LogP contribution in [0.1, 0.15) is 26.0 Å². The molecule has 1 aromatic heterocycles. The van der Waals surface area contributed by atoms with Gasteiger partial charge < -0.3 is 10.6 Å². The molecule has 17 heavy (non-hydrogen) atoms. The fourth-order valence-electron chi connectivity index (χ4n) is 1.39. The Morgan fingerprint density at radius 3 is 2.94 bits per heavy atom. The van der Waals surface area contributed by atoms with Gasteiger partial charge in [0, 0.05) is 30.9 Å². The van der Waals surface area contributed by atoms with Gasteiger partial charge in [0.05, 0.1) is 6.54 Å². The summed E-state index contributed by atoms with van der Waals surface area (Å²) in [6.45, 7) is 5.20. The Morgan fingerprint density at radius 1 is 1.47 bits per heavy atom. The molecule has 1 heterocycles. The van der Waals surface area contributed by atoms with E-state index in [0.29, 0.717) is 6.54 Å². The van der Waals surface area contributed by atoms with Crippen LogP contribution in [0, 0.1) is 0 Å². The minimum Gasteiger partial charge on any atom is -0.353 e. The van der Waals surface area contributed by atoms with Gasteiger partial charge in [-0.05, 0) is 25.5 Å². The number of aromatic nitrogens is 1. The summed E-state index contributed by atoms with van der Waals surface area (Å²) in [7, 11) is 0. The van der Waals surface area contributed by atoms with Gasteiger partial charge in [0.1, 0.15) is 0 Å². The van der Waals surface area contributed by atoms with E-state index in [1.807, 2.05) is 25.1 Å². The molecule has 1 aromatic rings. The first-order valence-electron chi connectivity index (χ1n) is 6.12. The van der Waals surface area contributed by atoms with Crippen molar-refractivity contribution in [3.05, 3.63) is 30.1 Å². The van der Waals surface area contributed by atoms with Gasteiger partial charge in [-0.25, -0.2) is 0 Å². The van der Waals surface area contributed by atoms with Crippen molar-refractivity contribution in [1.29, 1.82) is 0 Å². The summed E-state index contributed by atoms with van der Waals surface area (Å²) in [4.78, 5) is 15.7. The van der Waals surface area contributed by atoms with Crippen molar-refractivity contribution in [3.63, 3.8) is 0 Å². The minimum atomic E-state index is 0.0559. The van der Waals surface area contributed by atoms with Crippen molar-refractivity contribution in [1.82, 2.24) is 15.6 Å². The zero-order valence-corrected chi connectivity index (χ0v) is 10.6. The molecule has 4 nitrogen and oxygen atoms in total. The Kier molecular flexibility index (Phi) is 6.25. The first-order valence-corrected chi connectivity index (χ1v) is 6.12. The number of rotatable bonds is 7. The second-order valence-corrected chi connectivity index (χ2v) is 4.12. The Balaban J connectivity index is 2.10. The molecule has 0 fully saturated rings. The molecule has 94 valence electrons. The summed E-state index contributed by atoms with van der Waals surface area (Å²) >= 11 is 0. The van der Waals surface area contributed by atoms with Gasteiger partial charge in [0.25, 0.3) is 0 Å². The molecule has 0 saturated heterocycles. The molecular formula is C13H21N3O. The average molecular weight is 235 g/mol. The molecule has 0 aromatic carbocycles. The van der Waals surface area contributed by atoms with Gasteiger partial charge in [-0.2, -0.15) is 0 Å². The van der Waals surface area contributed by atoms with E-state index in [2.05, 4.69) is 22.5 Å². The highest BCUT2D eigenvalue weighted by atomic mass is 16.1. The molecule has 0 bridgehead atoms. The lowest BCUT2D eigenvalue weighted by Crippen LogP contribution is -2.39. The van der Waals surface area contributed by atoms with Gasteiger partial charge in [0.15, 0.2) is 0 Å². The summed E-state index contributed by atoms with van der Waals surface area (Å²) in [6.07, 6.45) is 3.59. The third kappa shape index (κ3) is 6.02. The van der Waals surface area contributed by atoms with Gasteiger partial charge in [-0.15, -0.1) is 0 Å². The molecule has 0 aliphatic carbocycles. The molecule has 1 atom stereocenters. The van der Waals surface area contributed by atoms with Crippen LogP contribution in [0.5, 0.6) is 0 Å². The number of carbonyl (C=O) groups is 1. The quantitative estimate of drug-likeness (QED) is 0.697. The van der Waals surface area contributed by atoms with Crippen LogP contribution in [0.2, 0.25) is 0 Å². The SMILES string of the molecule is CCC(C)NC(=O)CNCCc1ccccn1. The number of hydrogen-bond acceptors (Lipinski definition) is 3. The van der Waals surface area contributed by atoms with E-state index in [1.54, 1.807) is 6.20 Å². The second kappa shape index (κ2) is 7.79. The summed E-state index contributed by atoms with van der Waals surface area (Å²) in [6, 6.07) is 6.11. The molecule has 4 heteroatoms. The van der Waals surface area contributed by atoms with Crippen LogP contribution >= 0.6 is 0 Å². The topological polar surface area (TPSA) is 54.0 Å². The van der Waals surface area contributed by atoms with Gasteiger partial charge in [-0.1, -0.05) is 13.0 Å². The number of amides is 1. The molecule has 1 amide bonds. The monoisotopic (exact) mass is 235 g/mol. The lowest BCUT2D eigenvalue weighted by atomic mass is 10.2. The van der Waals surface area contributed by atoms with Crippen LogP contribution in [0.3, 0.4) is 0 Å². The van der Waals surface area contributed by atoms with Crippen LogP contribution in [0.15, 0.2) is 24.4 Å². The Morgan fingerprint density at radius 2 is 2.29 bits per heavy atom. The van der Waals surface area contributed by atoms with Gasteiger partial charge in [0.2, 0.25) is 5.91 Å². The Hall–Kier alpha value is -1.42. The minimum absolute atomic E-state index is 0.0559. The van der Waals surface area contributed by atoms with Gasteiger partial charge >= 0.3 is 0 Å². The molecule has 1 unspecified atom stereocenters. The molecule has 0 spiro atoms. The largest absolute Gasteiger partial charge is 0.353 e. The van der Waals surface area contributed by atoms with Crippen LogP contribution in [0.4, 0.5) is 0 Å². The van der Waals surface area contributed by atoms with Crippen LogP contribution in [-0.2, 0) is 11.2 Å². The third-order valence-corrected chi connectivity index (χ3v) is 2.59. The summed E-state index contributed by atoms with van der Waals surface area (Å²) in [5.74, 6) is 0.0559. The molecule has 0 aliphatic rings. The maximum absolute atomic E-state index is 11.4. The molecule has 0 aliphatic heterocycles. The Bertz CT molecular complexity index is 327. The normalized spacial score (nSPS) is 12.1. The fourth-order valence-corrected chi connectivity index (χ4v) is 1.39. The number of carbonyl (C=O) groups excluding carboxylic acids is 1.